The van der Waals surface area contributed by atoms with Crippen LogP contribution in [-0.4, -0.2) is 26.7 Å². The van der Waals surface area contributed by atoms with Crippen molar-refractivity contribution in [1.29, 1.82) is 0 Å². The lowest BCUT2D eigenvalue weighted by molar-refractivity contribution is 0.352. The van der Waals surface area contributed by atoms with E-state index in [4.69, 9.17) is 14.7 Å². The first kappa shape index (κ1) is 12.3. The van der Waals surface area contributed by atoms with E-state index in [1.54, 1.807) is 0 Å². The Morgan fingerprint density at radius 2 is 1.42 bits per heavy atom. The maximum absolute atomic E-state index is 11.1. The minimum atomic E-state index is -4.47. The van der Waals surface area contributed by atoms with Crippen molar-refractivity contribution in [3.63, 3.8) is 0 Å². The molecule has 5 nitrogen and oxygen atoms in total. The highest BCUT2D eigenvalue weighted by molar-refractivity contribution is 7.73. The van der Waals surface area contributed by atoms with Crippen molar-refractivity contribution in [2.75, 3.05) is 6.66 Å². The van der Waals surface area contributed by atoms with Crippen LogP contribution in [0.3, 0.4) is 0 Å². The molecule has 3 N–H and O–H groups in total. The van der Waals surface area contributed by atoms with Crippen LogP contribution in [0.15, 0.2) is 0 Å². The molecule has 0 saturated carbocycles. The Kier molecular flexibility index (Phi) is 3.71. The van der Waals surface area contributed by atoms with Gasteiger partial charge in [-0.15, -0.1) is 0 Å². The molecule has 0 aromatic heterocycles. The quantitative estimate of drug-likeness (QED) is 0.613. The second-order valence-electron chi connectivity index (χ2n) is 3.19. The monoisotopic (exact) mass is 216 g/mol. The lowest BCUT2D eigenvalue weighted by Gasteiger charge is -2.23. The van der Waals surface area contributed by atoms with Crippen molar-refractivity contribution in [2.24, 2.45) is 5.92 Å². The van der Waals surface area contributed by atoms with Crippen molar-refractivity contribution in [2.45, 2.75) is 19.2 Å². The van der Waals surface area contributed by atoms with E-state index in [-0.39, 0.29) is 0 Å². The molecule has 2 atom stereocenters. The van der Waals surface area contributed by atoms with Crippen molar-refractivity contribution in [3.05, 3.63) is 0 Å². The van der Waals surface area contributed by atoms with Crippen molar-refractivity contribution in [3.8, 4) is 0 Å². The molecule has 12 heavy (non-hydrogen) atoms. The average molecular weight is 216 g/mol. The molecule has 0 radical (unpaired) electrons. The maximum atomic E-state index is 11.1. The number of hydrogen-bond acceptors (Lipinski definition) is 2. The normalized spacial score (nSPS) is 20.6. The van der Waals surface area contributed by atoms with Crippen LogP contribution in [0.1, 0.15) is 13.8 Å². The largest absolute Gasteiger partial charge is 0.344 e. The summed E-state index contributed by atoms with van der Waals surface area (Å²) in [7, 11) is -8.18. The highest BCUT2D eigenvalue weighted by Gasteiger charge is 2.42. The summed E-state index contributed by atoms with van der Waals surface area (Å²) in [6.45, 7) is 3.99. The summed E-state index contributed by atoms with van der Waals surface area (Å²) in [5.74, 6) is -0.508. The molecule has 0 heterocycles. The Labute approximate surface area is 71.4 Å². The number of rotatable bonds is 3. The molecule has 0 spiro atoms. The smallest absolute Gasteiger partial charge is 0.338 e. The van der Waals surface area contributed by atoms with Gasteiger partial charge in [-0.3, -0.25) is 9.13 Å². The SMILES string of the molecule is CC(C)C(P(C)(=O)O)P(=O)(O)O. The summed E-state index contributed by atoms with van der Waals surface area (Å²) in [5.41, 5.74) is 0. The van der Waals surface area contributed by atoms with Gasteiger partial charge in [0.15, 0.2) is 0 Å². The first-order valence-electron chi connectivity index (χ1n) is 3.42. The lowest BCUT2D eigenvalue weighted by atomic mass is 10.3. The van der Waals surface area contributed by atoms with Crippen molar-refractivity contribution in [1.82, 2.24) is 0 Å². The molecule has 0 rings (SSSR count). The summed E-state index contributed by atoms with van der Waals surface area (Å²) in [4.78, 5) is 26.6. The van der Waals surface area contributed by atoms with Gasteiger partial charge >= 0.3 is 7.60 Å². The summed E-state index contributed by atoms with van der Waals surface area (Å²) in [5, 5.41) is -1.44. The van der Waals surface area contributed by atoms with E-state index in [2.05, 4.69) is 0 Å². The summed E-state index contributed by atoms with van der Waals surface area (Å²) < 4.78 is 21.8. The van der Waals surface area contributed by atoms with Gasteiger partial charge in [-0.05, 0) is 5.92 Å². The van der Waals surface area contributed by atoms with Gasteiger partial charge in [0.05, 0.1) is 0 Å². The minimum absolute atomic E-state index is 0.508. The first-order chi connectivity index (χ1) is 5.07. The van der Waals surface area contributed by atoms with Gasteiger partial charge in [0.2, 0.25) is 7.37 Å². The van der Waals surface area contributed by atoms with Crippen LogP contribution in [0.2, 0.25) is 0 Å². The fourth-order valence-electron chi connectivity index (χ4n) is 1.22. The van der Waals surface area contributed by atoms with Crippen molar-refractivity contribution < 1.29 is 23.8 Å². The molecule has 0 fully saturated rings. The Hall–Kier alpha value is 0.340. The van der Waals surface area contributed by atoms with E-state index in [9.17, 15) is 9.13 Å². The molecule has 0 aliphatic carbocycles. The van der Waals surface area contributed by atoms with E-state index in [0.717, 1.165) is 6.66 Å². The van der Waals surface area contributed by atoms with Crippen LogP contribution < -0.4 is 0 Å². The van der Waals surface area contributed by atoms with Crippen LogP contribution in [0.4, 0.5) is 0 Å². The molecular weight excluding hydrogens is 202 g/mol. The Morgan fingerprint density at radius 1 is 1.08 bits per heavy atom. The van der Waals surface area contributed by atoms with E-state index < -0.39 is 26.3 Å². The predicted molar refractivity (Wildman–Crippen MR) is 46.4 cm³/mol. The molecule has 2 unspecified atom stereocenters. The molecule has 0 aromatic rings. The lowest BCUT2D eigenvalue weighted by Crippen LogP contribution is -2.15. The average Bonchev–Trinajstić information content (AvgIpc) is 1.49. The van der Waals surface area contributed by atoms with Crippen molar-refractivity contribution >= 4 is 15.0 Å². The third-order valence-electron chi connectivity index (χ3n) is 1.43. The summed E-state index contributed by atoms with van der Waals surface area (Å²) in [6, 6.07) is 0. The molecule has 74 valence electrons. The van der Waals surface area contributed by atoms with Crippen LogP contribution >= 0.6 is 15.0 Å². The van der Waals surface area contributed by atoms with Crippen LogP contribution in [0.25, 0.3) is 0 Å². The van der Waals surface area contributed by atoms with E-state index >= 15 is 0 Å². The third-order valence-corrected chi connectivity index (χ3v) is 6.48. The first-order valence-corrected chi connectivity index (χ1v) is 7.27. The second-order valence-corrected chi connectivity index (χ2v) is 7.77. The topological polar surface area (TPSA) is 94.8 Å². The van der Waals surface area contributed by atoms with E-state index in [0.29, 0.717) is 0 Å². The zero-order chi connectivity index (χ0) is 10.2. The van der Waals surface area contributed by atoms with Crippen LogP contribution in [-0.2, 0) is 9.13 Å². The van der Waals surface area contributed by atoms with Gasteiger partial charge < -0.3 is 14.7 Å². The predicted octanol–water partition coefficient (Wildman–Crippen LogP) is 1.05. The molecule has 0 aliphatic rings. The van der Waals surface area contributed by atoms with E-state index in [1.807, 2.05) is 0 Å². The molecule has 0 bridgehead atoms. The van der Waals surface area contributed by atoms with Gasteiger partial charge in [-0.1, -0.05) is 13.8 Å². The zero-order valence-corrected chi connectivity index (χ0v) is 9.00. The van der Waals surface area contributed by atoms with Gasteiger partial charge in [0.1, 0.15) is 5.40 Å². The Bertz CT molecular complexity index is 214. The fraction of sp³-hybridized carbons (Fsp3) is 1.00. The Morgan fingerprint density at radius 3 is 1.42 bits per heavy atom. The van der Waals surface area contributed by atoms with Gasteiger partial charge in [0, 0.05) is 6.66 Å². The summed E-state index contributed by atoms with van der Waals surface area (Å²) in [6.07, 6.45) is 0. The van der Waals surface area contributed by atoms with Gasteiger partial charge in [-0.2, -0.15) is 0 Å². The highest BCUT2D eigenvalue weighted by atomic mass is 31.2. The molecule has 7 heteroatoms. The van der Waals surface area contributed by atoms with Crippen LogP contribution in [0.5, 0.6) is 0 Å². The standard InChI is InChI=1S/C5H14O5P2/c1-4(2)5(11(3,6)7)12(8,9)10/h4-5H,1-3H3,(H,6,7)(H2,8,9,10). The highest BCUT2D eigenvalue weighted by Crippen LogP contribution is 2.62. The fourth-order valence-corrected chi connectivity index (χ4v) is 5.34. The van der Waals surface area contributed by atoms with Crippen LogP contribution in [0, 0.1) is 5.92 Å². The number of hydrogen-bond donors (Lipinski definition) is 3. The van der Waals surface area contributed by atoms with Gasteiger partial charge in [0.25, 0.3) is 0 Å². The summed E-state index contributed by atoms with van der Waals surface area (Å²) >= 11 is 0. The van der Waals surface area contributed by atoms with Gasteiger partial charge in [-0.25, -0.2) is 0 Å². The minimum Gasteiger partial charge on any atom is -0.344 e. The molecule has 0 amide bonds. The maximum Gasteiger partial charge on any atom is 0.338 e. The molecular formula is C5H14O5P2. The zero-order valence-electron chi connectivity index (χ0n) is 7.21. The third kappa shape index (κ3) is 3.38. The Balaban J connectivity index is 4.97. The second kappa shape index (κ2) is 3.60. The molecule has 0 aliphatic heterocycles. The molecule has 0 saturated heterocycles. The molecule has 0 aromatic carbocycles. The van der Waals surface area contributed by atoms with E-state index in [1.165, 1.54) is 13.8 Å².